The topological polar surface area (TPSA) is 90.3 Å². The highest BCUT2D eigenvalue weighted by Crippen LogP contribution is 2.39. The SMILES string of the molecule is O=C(c1ccco1)N1CCC2(Cc3nn(Cc4ccccc4)c(=O)c(=O)n3C2)C1. The van der Waals surface area contributed by atoms with Gasteiger partial charge in [-0.25, -0.2) is 4.68 Å². The van der Waals surface area contributed by atoms with Crippen LogP contribution in [0.15, 0.2) is 62.7 Å². The van der Waals surface area contributed by atoms with E-state index in [9.17, 15) is 14.4 Å². The van der Waals surface area contributed by atoms with Gasteiger partial charge in [0.05, 0.1) is 12.8 Å². The number of hydrogen-bond donors (Lipinski definition) is 0. The van der Waals surface area contributed by atoms with Crippen LogP contribution in [0.4, 0.5) is 0 Å². The van der Waals surface area contributed by atoms with Gasteiger partial charge in [-0.2, -0.15) is 5.10 Å². The van der Waals surface area contributed by atoms with Crippen LogP contribution in [-0.4, -0.2) is 38.2 Å². The Morgan fingerprint density at radius 2 is 1.90 bits per heavy atom. The predicted molar refractivity (Wildman–Crippen MR) is 104 cm³/mol. The van der Waals surface area contributed by atoms with Crippen molar-refractivity contribution < 1.29 is 9.21 Å². The van der Waals surface area contributed by atoms with Crippen molar-refractivity contribution in [3.05, 3.63) is 86.6 Å². The second-order valence-electron chi connectivity index (χ2n) is 7.89. The molecule has 1 unspecified atom stereocenters. The number of carbonyl (C=O) groups is 1. The van der Waals surface area contributed by atoms with Crippen LogP contribution in [0.3, 0.4) is 0 Å². The van der Waals surface area contributed by atoms with Crippen LogP contribution in [-0.2, 0) is 19.5 Å². The minimum absolute atomic E-state index is 0.146. The van der Waals surface area contributed by atoms with Crippen molar-refractivity contribution in [1.82, 2.24) is 19.2 Å². The zero-order valence-electron chi connectivity index (χ0n) is 15.8. The van der Waals surface area contributed by atoms with E-state index in [0.717, 1.165) is 12.0 Å². The Hall–Kier alpha value is -3.42. The summed E-state index contributed by atoms with van der Waals surface area (Å²) >= 11 is 0. The third kappa shape index (κ3) is 3.00. The van der Waals surface area contributed by atoms with Gasteiger partial charge in [-0.15, -0.1) is 0 Å². The van der Waals surface area contributed by atoms with Crippen molar-refractivity contribution in [2.24, 2.45) is 5.41 Å². The summed E-state index contributed by atoms with van der Waals surface area (Å²) in [6, 6.07) is 12.8. The number of furan rings is 1. The Morgan fingerprint density at radius 1 is 1.07 bits per heavy atom. The van der Waals surface area contributed by atoms with Gasteiger partial charge >= 0.3 is 11.1 Å². The van der Waals surface area contributed by atoms with Crippen molar-refractivity contribution in [2.75, 3.05) is 13.1 Å². The Labute approximate surface area is 166 Å². The maximum atomic E-state index is 12.7. The lowest BCUT2D eigenvalue weighted by atomic mass is 9.86. The highest BCUT2D eigenvalue weighted by Gasteiger charge is 2.46. The average molecular weight is 392 g/mol. The molecule has 148 valence electrons. The number of hydrogen-bond acceptors (Lipinski definition) is 5. The highest BCUT2D eigenvalue weighted by molar-refractivity contribution is 5.91. The van der Waals surface area contributed by atoms with Gasteiger partial charge in [-0.1, -0.05) is 30.3 Å². The first-order chi connectivity index (χ1) is 14.0. The van der Waals surface area contributed by atoms with E-state index in [1.165, 1.54) is 15.5 Å². The third-order valence-corrected chi connectivity index (χ3v) is 5.87. The summed E-state index contributed by atoms with van der Waals surface area (Å²) in [5, 5.41) is 4.49. The maximum Gasteiger partial charge on any atom is 0.332 e. The lowest BCUT2D eigenvalue weighted by Gasteiger charge is -2.22. The summed E-state index contributed by atoms with van der Waals surface area (Å²) in [5.41, 5.74) is -0.509. The summed E-state index contributed by atoms with van der Waals surface area (Å²) in [6.45, 7) is 1.79. The Balaban J connectivity index is 1.41. The van der Waals surface area contributed by atoms with Gasteiger partial charge in [0, 0.05) is 31.5 Å². The number of nitrogens with zero attached hydrogens (tertiary/aromatic N) is 4. The molecule has 1 amide bonds. The van der Waals surface area contributed by atoms with E-state index >= 15 is 0 Å². The molecule has 8 nitrogen and oxygen atoms in total. The first-order valence-corrected chi connectivity index (χ1v) is 9.62. The zero-order valence-corrected chi connectivity index (χ0v) is 15.8. The quantitative estimate of drug-likeness (QED) is 0.624. The van der Waals surface area contributed by atoms with Crippen LogP contribution >= 0.6 is 0 Å². The molecule has 0 radical (unpaired) electrons. The van der Waals surface area contributed by atoms with Crippen molar-refractivity contribution in [2.45, 2.75) is 25.9 Å². The van der Waals surface area contributed by atoms with E-state index in [1.54, 1.807) is 17.0 Å². The van der Waals surface area contributed by atoms with Crippen LogP contribution in [0.5, 0.6) is 0 Å². The van der Waals surface area contributed by atoms with Gasteiger partial charge < -0.3 is 9.32 Å². The summed E-state index contributed by atoms with van der Waals surface area (Å²) in [6.07, 6.45) is 2.81. The van der Waals surface area contributed by atoms with Crippen LogP contribution in [0, 0.1) is 5.41 Å². The first-order valence-electron chi connectivity index (χ1n) is 9.62. The second-order valence-corrected chi connectivity index (χ2v) is 7.89. The Morgan fingerprint density at radius 3 is 2.66 bits per heavy atom. The monoisotopic (exact) mass is 392 g/mol. The minimum Gasteiger partial charge on any atom is -0.459 e. The maximum absolute atomic E-state index is 12.7. The minimum atomic E-state index is -0.615. The van der Waals surface area contributed by atoms with E-state index < -0.39 is 11.1 Å². The molecule has 2 aromatic heterocycles. The lowest BCUT2D eigenvalue weighted by molar-refractivity contribution is 0.0740. The summed E-state index contributed by atoms with van der Waals surface area (Å²) in [4.78, 5) is 39.6. The molecule has 0 bridgehead atoms. The van der Waals surface area contributed by atoms with Gasteiger partial charge in [0.25, 0.3) is 5.91 Å². The lowest BCUT2D eigenvalue weighted by Crippen LogP contribution is -2.43. The molecule has 2 aliphatic rings. The van der Waals surface area contributed by atoms with E-state index in [0.29, 0.717) is 37.6 Å². The summed E-state index contributed by atoms with van der Waals surface area (Å²) in [7, 11) is 0. The predicted octanol–water partition coefficient (Wildman–Crippen LogP) is 1.13. The first kappa shape index (κ1) is 17.7. The average Bonchev–Trinajstić information content (AvgIpc) is 3.47. The standard InChI is InChI=1S/C21H20N4O4/c26-18(16-7-4-10-29-16)23-9-8-21(13-23)11-17-22-25(12-15-5-2-1-3-6-15)20(28)19(27)24(17)14-21/h1-7,10H,8-9,11-14H2. The highest BCUT2D eigenvalue weighted by atomic mass is 16.3. The second kappa shape index (κ2) is 6.58. The molecule has 8 heteroatoms. The van der Waals surface area contributed by atoms with Gasteiger partial charge in [-0.05, 0) is 24.1 Å². The molecule has 1 fully saturated rings. The van der Waals surface area contributed by atoms with Crippen LogP contribution < -0.4 is 11.1 Å². The van der Waals surface area contributed by atoms with E-state index in [-0.39, 0.29) is 17.9 Å². The number of amides is 1. The Kier molecular flexibility index (Phi) is 4.01. The van der Waals surface area contributed by atoms with Crippen LogP contribution in [0.25, 0.3) is 0 Å². The fourth-order valence-corrected chi connectivity index (χ4v) is 4.40. The molecule has 5 rings (SSSR count). The largest absolute Gasteiger partial charge is 0.459 e. The number of aromatic nitrogens is 3. The van der Waals surface area contributed by atoms with Gasteiger partial charge in [0.15, 0.2) is 5.76 Å². The molecule has 3 aromatic rings. The summed E-state index contributed by atoms with van der Waals surface area (Å²) in [5.74, 6) is 0.778. The van der Waals surface area contributed by atoms with Crippen molar-refractivity contribution in [1.29, 1.82) is 0 Å². The number of rotatable bonds is 3. The molecule has 0 N–H and O–H groups in total. The Bertz CT molecular complexity index is 1180. The fourth-order valence-electron chi connectivity index (χ4n) is 4.40. The molecular formula is C21H20N4O4. The van der Waals surface area contributed by atoms with Crippen LogP contribution in [0.1, 0.15) is 28.4 Å². The number of fused-ring (bicyclic) bond motifs is 1. The number of benzene rings is 1. The molecule has 1 spiro atoms. The fraction of sp³-hybridized carbons (Fsp3) is 0.333. The molecule has 0 saturated carbocycles. The van der Waals surface area contributed by atoms with Gasteiger partial charge in [-0.3, -0.25) is 19.0 Å². The molecule has 4 heterocycles. The normalized spacial score (nSPS) is 20.3. The molecule has 1 saturated heterocycles. The smallest absolute Gasteiger partial charge is 0.332 e. The van der Waals surface area contributed by atoms with E-state index in [2.05, 4.69) is 5.10 Å². The van der Waals surface area contributed by atoms with E-state index in [1.807, 2.05) is 30.3 Å². The van der Waals surface area contributed by atoms with Crippen molar-refractivity contribution in [3.8, 4) is 0 Å². The molecule has 2 aliphatic heterocycles. The third-order valence-electron chi connectivity index (χ3n) is 5.87. The molecular weight excluding hydrogens is 372 g/mol. The molecule has 1 atom stereocenters. The van der Waals surface area contributed by atoms with Crippen molar-refractivity contribution in [3.63, 3.8) is 0 Å². The molecule has 29 heavy (non-hydrogen) atoms. The molecule has 1 aromatic carbocycles. The van der Waals surface area contributed by atoms with E-state index in [4.69, 9.17) is 4.42 Å². The number of likely N-dealkylation sites (tertiary alicyclic amines) is 1. The number of carbonyl (C=O) groups excluding carboxylic acids is 1. The van der Waals surface area contributed by atoms with Gasteiger partial charge in [0.2, 0.25) is 0 Å². The molecule has 0 aliphatic carbocycles. The van der Waals surface area contributed by atoms with Crippen molar-refractivity contribution >= 4 is 5.91 Å². The van der Waals surface area contributed by atoms with Crippen LogP contribution in [0.2, 0.25) is 0 Å². The summed E-state index contributed by atoms with van der Waals surface area (Å²) < 4.78 is 7.97. The van der Waals surface area contributed by atoms with Gasteiger partial charge in [0.1, 0.15) is 5.82 Å². The zero-order chi connectivity index (χ0) is 20.0.